The maximum Gasteiger partial charge on any atom is 0.308 e. The second-order valence-corrected chi connectivity index (χ2v) is 3.86. The lowest BCUT2D eigenvalue weighted by atomic mass is 10.2. The molecular formula is C13H13NO4. The van der Waals surface area contributed by atoms with Gasteiger partial charge in [0.2, 0.25) is 5.91 Å². The van der Waals surface area contributed by atoms with Crippen LogP contribution >= 0.6 is 0 Å². The number of carbonyl (C=O) groups excluding carboxylic acids is 2. The van der Waals surface area contributed by atoms with Crippen LogP contribution in [0.4, 0.5) is 0 Å². The fourth-order valence-corrected chi connectivity index (χ4v) is 1.80. The summed E-state index contributed by atoms with van der Waals surface area (Å²) < 4.78 is 11.6. The van der Waals surface area contributed by atoms with Gasteiger partial charge in [0, 0.05) is 25.3 Å². The molecule has 5 heteroatoms. The number of aromatic nitrogens is 1. The Balaban J connectivity index is 2.67. The molecule has 18 heavy (non-hydrogen) atoms. The number of ether oxygens (including phenoxy) is 2. The molecule has 0 N–H and O–H groups in total. The Morgan fingerprint density at radius 1 is 1.22 bits per heavy atom. The van der Waals surface area contributed by atoms with E-state index in [4.69, 9.17) is 9.47 Å². The second kappa shape index (κ2) is 4.52. The summed E-state index contributed by atoms with van der Waals surface area (Å²) in [6, 6.07) is 5.23. The highest BCUT2D eigenvalue weighted by Gasteiger charge is 2.14. The molecule has 2 rings (SSSR count). The second-order valence-electron chi connectivity index (χ2n) is 3.86. The Morgan fingerprint density at radius 3 is 2.50 bits per heavy atom. The van der Waals surface area contributed by atoms with Crippen molar-refractivity contribution in [2.45, 2.75) is 13.8 Å². The van der Waals surface area contributed by atoms with E-state index in [0.29, 0.717) is 22.4 Å². The average molecular weight is 247 g/mol. The SMILES string of the molecule is COc1ccc2c(OC(C)=O)cn(C(C)=O)c2c1. The van der Waals surface area contributed by atoms with Gasteiger partial charge in [-0.3, -0.25) is 14.2 Å². The van der Waals surface area contributed by atoms with Gasteiger partial charge in [-0.05, 0) is 12.1 Å². The third-order valence-corrected chi connectivity index (χ3v) is 2.57. The highest BCUT2D eigenvalue weighted by atomic mass is 16.5. The van der Waals surface area contributed by atoms with Gasteiger partial charge < -0.3 is 9.47 Å². The predicted molar refractivity (Wildman–Crippen MR) is 66.1 cm³/mol. The van der Waals surface area contributed by atoms with Gasteiger partial charge in [0.1, 0.15) is 5.75 Å². The molecule has 0 bridgehead atoms. The predicted octanol–water partition coefficient (Wildman–Crippen LogP) is 2.24. The first-order valence-corrected chi connectivity index (χ1v) is 5.41. The molecule has 0 atom stereocenters. The number of methoxy groups -OCH3 is 1. The Labute approximate surface area is 104 Å². The number of benzene rings is 1. The smallest absolute Gasteiger partial charge is 0.308 e. The Bertz CT molecular complexity index is 627. The highest BCUT2D eigenvalue weighted by Crippen LogP contribution is 2.31. The number of hydrogen-bond acceptors (Lipinski definition) is 4. The topological polar surface area (TPSA) is 57.5 Å². The molecule has 94 valence electrons. The summed E-state index contributed by atoms with van der Waals surface area (Å²) in [7, 11) is 1.55. The van der Waals surface area contributed by atoms with Crippen molar-refractivity contribution in [2.24, 2.45) is 0 Å². The van der Waals surface area contributed by atoms with Crippen LogP contribution in [0.3, 0.4) is 0 Å². The lowest BCUT2D eigenvalue weighted by Gasteiger charge is -2.02. The first-order chi connectivity index (χ1) is 8.52. The zero-order valence-corrected chi connectivity index (χ0v) is 10.4. The van der Waals surface area contributed by atoms with Gasteiger partial charge in [-0.1, -0.05) is 0 Å². The molecule has 1 aromatic heterocycles. The molecule has 0 saturated heterocycles. The van der Waals surface area contributed by atoms with E-state index in [-0.39, 0.29) is 5.91 Å². The molecule has 0 aliphatic carbocycles. The highest BCUT2D eigenvalue weighted by molar-refractivity contribution is 5.97. The van der Waals surface area contributed by atoms with Crippen LogP contribution in [-0.4, -0.2) is 23.6 Å². The van der Waals surface area contributed by atoms with Crippen molar-refractivity contribution in [1.82, 2.24) is 4.57 Å². The van der Waals surface area contributed by atoms with Gasteiger partial charge in [0.05, 0.1) is 18.8 Å². The van der Waals surface area contributed by atoms with Crippen LogP contribution in [-0.2, 0) is 4.79 Å². The molecule has 0 spiro atoms. The number of nitrogens with zero attached hydrogens (tertiary/aromatic N) is 1. The Kier molecular flexibility index (Phi) is 3.06. The van der Waals surface area contributed by atoms with Crippen LogP contribution in [0.15, 0.2) is 24.4 Å². The van der Waals surface area contributed by atoms with Crippen LogP contribution in [0.1, 0.15) is 18.6 Å². The van der Waals surface area contributed by atoms with Gasteiger partial charge in [-0.15, -0.1) is 0 Å². The Morgan fingerprint density at radius 2 is 1.94 bits per heavy atom. The molecule has 0 amide bonds. The molecule has 0 aliphatic rings. The standard InChI is InChI=1S/C13H13NO4/c1-8(15)14-7-13(18-9(2)16)11-5-4-10(17-3)6-12(11)14/h4-7H,1-3H3. The van der Waals surface area contributed by atoms with Crippen molar-refractivity contribution in [3.05, 3.63) is 24.4 Å². The summed E-state index contributed by atoms with van der Waals surface area (Å²) in [5.41, 5.74) is 0.651. The summed E-state index contributed by atoms with van der Waals surface area (Å²) in [6.07, 6.45) is 1.51. The normalized spacial score (nSPS) is 10.4. The van der Waals surface area contributed by atoms with Crippen molar-refractivity contribution in [2.75, 3.05) is 7.11 Å². The zero-order valence-electron chi connectivity index (χ0n) is 10.4. The number of hydrogen-bond donors (Lipinski definition) is 0. The van der Waals surface area contributed by atoms with Gasteiger partial charge in [-0.2, -0.15) is 0 Å². The number of carbonyl (C=O) groups is 2. The van der Waals surface area contributed by atoms with E-state index >= 15 is 0 Å². The third-order valence-electron chi connectivity index (χ3n) is 2.57. The molecule has 0 aliphatic heterocycles. The first kappa shape index (κ1) is 12.2. The van der Waals surface area contributed by atoms with E-state index in [0.717, 1.165) is 0 Å². The molecule has 5 nitrogen and oxygen atoms in total. The fraction of sp³-hybridized carbons (Fsp3) is 0.231. The van der Waals surface area contributed by atoms with Crippen LogP contribution < -0.4 is 9.47 Å². The lowest BCUT2D eigenvalue weighted by Crippen LogP contribution is -2.04. The van der Waals surface area contributed by atoms with E-state index in [9.17, 15) is 9.59 Å². The molecule has 2 aromatic rings. The summed E-state index contributed by atoms with van der Waals surface area (Å²) >= 11 is 0. The summed E-state index contributed by atoms with van der Waals surface area (Å²) in [6.45, 7) is 2.76. The fourth-order valence-electron chi connectivity index (χ4n) is 1.80. The van der Waals surface area contributed by atoms with E-state index in [1.807, 2.05) is 0 Å². The van der Waals surface area contributed by atoms with E-state index < -0.39 is 5.97 Å². The number of fused-ring (bicyclic) bond motifs is 1. The van der Waals surface area contributed by atoms with Crippen molar-refractivity contribution >= 4 is 22.8 Å². The van der Waals surface area contributed by atoms with Crippen molar-refractivity contribution in [3.8, 4) is 11.5 Å². The summed E-state index contributed by atoms with van der Waals surface area (Å²) in [4.78, 5) is 22.6. The summed E-state index contributed by atoms with van der Waals surface area (Å²) in [5, 5.41) is 0.696. The Hall–Kier alpha value is -2.30. The van der Waals surface area contributed by atoms with Crippen LogP contribution in [0.25, 0.3) is 10.9 Å². The minimum atomic E-state index is -0.423. The molecule has 0 unspecified atom stereocenters. The van der Waals surface area contributed by atoms with Crippen LogP contribution in [0.5, 0.6) is 11.5 Å². The third kappa shape index (κ3) is 2.07. The van der Waals surface area contributed by atoms with E-state index in [1.165, 1.54) is 24.6 Å². The maximum absolute atomic E-state index is 11.5. The molecule has 0 saturated carbocycles. The number of esters is 1. The molecule has 1 aromatic carbocycles. The minimum absolute atomic E-state index is 0.161. The van der Waals surface area contributed by atoms with Gasteiger partial charge in [0.15, 0.2) is 5.75 Å². The summed E-state index contributed by atoms with van der Waals surface area (Å²) in [5.74, 6) is 0.424. The van der Waals surface area contributed by atoms with Crippen LogP contribution in [0, 0.1) is 0 Å². The van der Waals surface area contributed by atoms with Crippen LogP contribution in [0.2, 0.25) is 0 Å². The molecule has 1 heterocycles. The molecule has 0 radical (unpaired) electrons. The minimum Gasteiger partial charge on any atom is -0.497 e. The van der Waals surface area contributed by atoms with Gasteiger partial charge in [0.25, 0.3) is 0 Å². The van der Waals surface area contributed by atoms with Gasteiger partial charge >= 0.3 is 5.97 Å². The van der Waals surface area contributed by atoms with Crippen molar-refractivity contribution in [1.29, 1.82) is 0 Å². The quantitative estimate of drug-likeness (QED) is 0.763. The van der Waals surface area contributed by atoms with Crippen molar-refractivity contribution in [3.63, 3.8) is 0 Å². The zero-order chi connectivity index (χ0) is 13.3. The van der Waals surface area contributed by atoms with E-state index in [2.05, 4.69) is 0 Å². The monoisotopic (exact) mass is 247 g/mol. The first-order valence-electron chi connectivity index (χ1n) is 5.41. The number of rotatable bonds is 2. The van der Waals surface area contributed by atoms with Gasteiger partial charge in [-0.25, -0.2) is 0 Å². The van der Waals surface area contributed by atoms with Crippen molar-refractivity contribution < 1.29 is 19.1 Å². The average Bonchev–Trinajstić information content (AvgIpc) is 2.66. The lowest BCUT2D eigenvalue weighted by molar-refractivity contribution is -0.131. The largest absolute Gasteiger partial charge is 0.497 e. The maximum atomic E-state index is 11.5. The van der Waals surface area contributed by atoms with E-state index in [1.54, 1.807) is 25.3 Å². The molecule has 0 fully saturated rings. The molecular weight excluding hydrogens is 234 g/mol.